The minimum Gasteiger partial charge on any atom is -0.365 e. The number of amides is 1. The van der Waals surface area contributed by atoms with Gasteiger partial charge >= 0.3 is 0 Å². The lowest BCUT2D eigenvalue weighted by atomic mass is 9.86. The second-order valence-electron chi connectivity index (χ2n) is 5.46. The van der Waals surface area contributed by atoms with Gasteiger partial charge in [0.2, 0.25) is 0 Å². The lowest BCUT2D eigenvalue weighted by Crippen LogP contribution is -2.46. The van der Waals surface area contributed by atoms with Gasteiger partial charge in [-0.1, -0.05) is 44.2 Å². The Balaban J connectivity index is 1.68. The smallest absolute Gasteiger partial charge is 0.254 e. The highest BCUT2D eigenvalue weighted by Gasteiger charge is 2.25. The van der Waals surface area contributed by atoms with Gasteiger partial charge in [-0.2, -0.15) is 0 Å². The maximum Gasteiger partial charge on any atom is 0.254 e. The maximum absolute atomic E-state index is 12.0. The summed E-state index contributed by atoms with van der Waals surface area (Å²) in [5.74, 6) is 0.826. The summed E-state index contributed by atoms with van der Waals surface area (Å²) in [6.45, 7) is 0. The number of rotatable bonds is 2. The average Bonchev–Trinajstić information content (AvgIpc) is 2.40. The molecule has 3 heteroatoms. The van der Waals surface area contributed by atoms with E-state index in [2.05, 4.69) is 10.6 Å². The molecule has 3 rings (SSSR count). The molecule has 1 fully saturated rings. The van der Waals surface area contributed by atoms with Crippen molar-refractivity contribution >= 4 is 11.6 Å². The molecule has 0 unspecified atom stereocenters. The Morgan fingerprint density at radius 3 is 2.67 bits per heavy atom. The molecule has 0 radical (unpaired) electrons. The van der Waals surface area contributed by atoms with Crippen LogP contribution < -0.4 is 10.6 Å². The number of hydrogen-bond acceptors (Lipinski definition) is 2. The summed E-state index contributed by atoms with van der Waals surface area (Å²) in [6, 6.07) is 7.74. The van der Waals surface area contributed by atoms with E-state index in [-0.39, 0.29) is 12.1 Å². The number of anilines is 1. The molecule has 18 heavy (non-hydrogen) atoms. The van der Waals surface area contributed by atoms with Crippen LogP contribution in [0.4, 0.5) is 5.69 Å². The first-order chi connectivity index (χ1) is 8.83. The molecule has 0 saturated heterocycles. The van der Waals surface area contributed by atoms with Gasteiger partial charge in [0.1, 0.15) is 0 Å². The van der Waals surface area contributed by atoms with Crippen LogP contribution in [0, 0.1) is 5.92 Å². The van der Waals surface area contributed by atoms with Crippen molar-refractivity contribution in [2.75, 3.05) is 5.32 Å². The molecule has 96 valence electrons. The van der Waals surface area contributed by atoms with Crippen LogP contribution in [0.15, 0.2) is 24.3 Å². The van der Waals surface area contributed by atoms with Crippen LogP contribution in [0.2, 0.25) is 0 Å². The summed E-state index contributed by atoms with van der Waals surface area (Å²) in [6.07, 6.45) is 7.87. The average molecular weight is 244 g/mol. The zero-order valence-electron chi connectivity index (χ0n) is 10.6. The minimum atomic E-state index is 0.0603. The third-order valence-corrected chi connectivity index (χ3v) is 4.10. The molecule has 1 aromatic carbocycles. The molecule has 1 saturated carbocycles. The zero-order chi connectivity index (χ0) is 12.4. The largest absolute Gasteiger partial charge is 0.365 e. The van der Waals surface area contributed by atoms with Crippen LogP contribution in [0.3, 0.4) is 0 Å². The summed E-state index contributed by atoms with van der Waals surface area (Å²) < 4.78 is 0. The lowest BCUT2D eigenvalue weighted by molar-refractivity contribution is 0.0928. The molecule has 1 amide bonds. The Kier molecular flexibility index (Phi) is 3.22. The summed E-state index contributed by atoms with van der Waals surface area (Å²) >= 11 is 0. The highest BCUT2D eigenvalue weighted by molar-refractivity contribution is 6.01. The van der Waals surface area contributed by atoms with Crippen molar-refractivity contribution in [3.63, 3.8) is 0 Å². The quantitative estimate of drug-likeness (QED) is 0.839. The summed E-state index contributed by atoms with van der Waals surface area (Å²) in [4.78, 5) is 12.0. The predicted octanol–water partition coefficient (Wildman–Crippen LogP) is 3.14. The van der Waals surface area contributed by atoms with Gasteiger partial charge in [0, 0.05) is 5.69 Å². The zero-order valence-corrected chi connectivity index (χ0v) is 10.6. The molecule has 3 nitrogen and oxygen atoms in total. The summed E-state index contributed by atoms with van der Waals surface area (Å²) in [5.41, 5.74) is 1.74. The van der Waals surface area contributed by atoms with Crippen molar-refractivity contribution in [2.24, 2.45) is 5.92 Å². The summed E-state index contributed by atoms with van der Waals surface area (Å²) in [5, 5.41) is 6.51. The van der Waals surface area contributed by atoms with Crippen molar-refractivity contribution in [1.82, 2.24) is 5.32 Å². The van der Waals surface area contributed by atoms with Gasteiger partial charge < -0.3 is 10.6 Å². The monoisotopic (exact) mass is 244 g/mol. The van der Waals surface area contributed by atoms with E-state index in [9.17, 15) is 4.79 Å². The molecule has 1 heterocycles. The standard InChI is InChI=1S/C15H20N2O/c18-15-12-8-4-5-9-13(12)16-14(17-15)10-11-6-2-1-3-7-11/h4-5,8-9,11,14,16H,1-3,6-7,10H2,(H,17,18)/t14-/m1/s1. The van der Waals surface area contributed by atoms with Crippen molar-refractivity contribution in [3.8, 4) is 0 Å². The van der Waals surface area contributed by atoms with E-state index < -0.39 is 0 Å². The first-order valence-electron chi connectivity index (χ1n) is 6.99. The molecule has 2 N–H and O–H groups in total. The van der Waals surface area contributed by atoms with Gasteiger partial charge in [-0.05, 0) is 24.5 Å². The first kappa shape index (κ1) is 11.6. The molecule has 2 aliphatic rings. The number of nitrogens with one attached hydrogen (secondary N) is 2. The van der Waals surface area contributed by atoms with Crippen LogP contribution >= 0.6 is 0 Å². The van der Waals surface area contributed by atoms with Crippen LogP contribution in [-0.4, -0.2) is 12.1 Å². The lowest BCUT2D eigenvalue weighted by Gasteiger charge is -2.32. The number of benzene rings is 1. The molecule has 0 bridgehead atoms. The number of fused-ring (bicyclic) bond motifs is 1. The topological polar surface area (TPSA) is 41.1 Å². The molecule has 1 aromatic rings. The van der Waals surface area contributed by atoms with E-state index in [1.54, 1.807) is 0 Å². The number of hydrogen-bond donors (Lipinski definition) is 2. The van der Waals surface area contributed by atoms with Crippen LogP contribution in [-0.2, 0) is 0 Å². The molecular weight excluding hydrogens is 224 g/mol. The molecule has 1 atom stereocenters. The van der Waals surface area contributed by atoms with Crippen LogP contribution in [0.1, 0.15) is 48.9 Å². The van der Waals surface area contributed by atoms with E-state index in [1.165, 1.54) is 32.1 Å². The van der Waals surface area contributed by atoms with Crippen molar-refractivity contribution in [2.45, 2.75) is 44.7 Å². The van der Waals surface area contributed by atoms with Gasteiger partial charge in [0.05, 0.1) is 11.7 Å². The van der Waals surface area contributed by atoms with Crippen molar-refractivity contribution in [3.05, 3.63) is 29.8 Å². The fraction of sp³-hybridized carbons (Fsp3) is 0.533. The number of carbonyl (C=O) groups excluding carboxylic acids is 1. The van der Waals surface area contributed by atoms with Gasteiger partial charge in [-0.3, -0.25) is 4.79 Å². The number of carbonyl (C=O) groups is 1. The van der Waals surface area contributed by atoms with E-state index in [1.807, 2.05) is 24.3 Å². The molecule has 0 aromatic heterocycles. The van der Waals surface area contributed by atoms with E-state index in [4.69, 9.17) is 0 Å². The predicted molar refractivity (Wildman–Crippen MR) is 72.5 cm³/mol. The van der Waals surface area contributed by atoms with E-state index >= 15 is 0 Å². The van der Waals surface area contributed by atoms with Gasteiger partial charge in [0.25, 0.3) is 5.91 Å². The fourth-order valence-corrected chi connectivity index (χ4v) is 3.14. The molecule has 0 spiro atoms. The van der Waals surface area contributed by atoms with Crippen molar-refractivity contribution in [1.29, 1.82) is 0 Å². The van der Waals surface area contributed by atoms with E-state index in [0.29, 0.717) is 0 Å². The van der Waals surface area contributed by atoms with Crippen LogP contribution in [0.25, 0.3) is 0 Å². The normalized spacial score (nSPS) is 24.0. The Morgan fingerprint density at radius 1 is 1.06 bits per heavy atom. The maximum atomic E-state index is 12.0. The second kappa shape index (κ2) is 5.01. The summed E-state index contributed by atoms with van der Waals surface area (Å²) in [7, 11) is 0. The van der Waals surface area contributed by atoms with Crippen molar-refractivity contribution < 1.29 is 4.79 Å². The Bertz CT molecular complexity index is 438. The van der Waals surface area contributed by atoms with Crippen LogP contribution in [0.5, 0.6) is 0 Å². The van der Waals surface area contributed by atoms with Gasteiger partial charge in [-0.25, -0.2) is 0 Å². The Morgan fingerprint density at radius 2 is 1.83 bits per heavy atom. The fourth-order valence-electron chi connectivity index (χ4n) is 3.14. The Labute approximate surface area is 108 Å². The molecule has 1 aliphatic heterocycles. The van der Waals surface area contributed by atoms with E-state index in [0.717, 1.165) is 23.6 Å². The Hall–Kier alpha value is -1.51. The number of para-hydroxylation sites is 1. The molecule has 1 aliphatic carbocycles. The third-order valence-electron chi connectivity index (χ3n) is 4.10. The molecular formula is C15H20N2O. The highest BCUT2D eigenvalue weighted by Crippen LogP contribution is 2.29. The highest BCUT2D eigenvalue weighted by atomic mass is 16.2. The van der Waals surface area contributed by atoms with Gasteiger partial charge in [0.15, 0.2) is 0 Å². The van der Waals surface area contributed by atoms with Gasteiger partial charge in [-0.15, -0.1) is 0 Å². The third kappa shape index (κ3) is 2.35. The minimum absolute atomic E-state index is 0.0603. The second-order valence-corrected chi connectivity index (χ2v) is 5.46. The SMILES string of the molecule is O=C1N[C@H](CC2CCCCC2)Nc2ccccc21. The first-order valence-corrected chi connectivity index (χ1v) is 6.99.